The van der Waals surface area contributed by atoms with Crippen molar-refractivity contribution >= 4 is 12.1 Å². The van der Waals surface area contributed by atoms with Gasteiger partial charge in [0.2, 0.25) is 0 Å². The van der Waals surface area contributed by atoms with Crippen molar-refractivity contribution in [3.63, 3.8) is 0 Å². The number of amides is 1. The summed E-state index contributed by atoms with van der Waals surface area (Å²) < 4.78 is 9.67. The molecular formula is C12H19NO4. The van der Waals surface area contributed by atoms with Crippen molar-refractivity contribution < 1.29 is 19.1 Å². The van der Waals surface area contributed by atoms with Crippen molar-refractivity contribution in [2.45, 2.75) is 33.2 Å². The molecule has 0 spiro atoms. The first-order valence-electron chi connectivity index (χ1n) is 5.67. The van der Waals surface area contributed by atoms with Crippen molar-refractivity contribution in [1.82, 2.24) is 4.90 Å². The van der Waals surface area contributed by atoms with E-state index in [4.69, 9.17) is 4.74 Å². The Kier molecular flexibility index (Phi) is 4.54. The second-order valence-electron chi connectivity index (χ2n) is 4.13. The van der Waals surface area contributed by atoms with Crippen LogP contribution in [0.5, 0.6) is 0 Å². The SMILES string of the molecule is CCOC(=O)C1CC(C)=C(C)CN1C(=O)OC. The number of methoxy groups -OCH3 is 1. The Bertz CT molecular complexity index is 348. The summed E-state index contributed by atoms with van der Waals surface area (Å²) in [6.07, 6.45) is 0.0228. The topological polar surface area (TPSA) is 55.8 Å². The largest absolute Gasteiger partial charge is 0.464 e. The van der Waals surface area contributed by atoms with Gasteiger partial charge < -0.3 is 9.47 Å². The summed E-state index contributed by atoms with van der Waals surface area (Å²) in [5, 5.41) is 0. The van der Waals surface area contributed by atoms with Crippen molar-refractivity contribution in [3.8, 4) is 0 Å². The molecule has 1 rings (SSSR count). The van der Waals surface area contributed by atoms with E-state index >= 15 is 0 Å². The van der Waals surface area contributed by atoms with Crippen LogP contribution in [0, 0.1) is 0 Å². The van der Waals surface area contributed by atoms with Gasteiger partial charge >= 0.3 is 12.1 Å². The smallest absolute Gasteiger partial charge is 0.410 e. The number of rotatable bonds is 2. The maximum atomic E-state index is 11.8. The van der Waals surface area contributed by atoms with Gasteiger partial charge in [-0.3, -0.25) is 4.90 Å². The highest BCUT2D eigenvalue weighted by Crippen LogP contribution is 2.24. The van der Waals surface area contributed by atoms with E-state index in [2.05, 4.69) is 4.74 Å². The van der Waals surface area contributed by atoms with E-state index in [-0.39, 0.29) is 5.97 Å². The third-order valence-corrected chi connectivity index (χ3v) is 2.98. The van der Waals surface area contributed by atoms with E-state index in [1.54, 1.807) is 6.92 Å². The average molecular weight is 241 g/mol. The first-order chi connectivity index (χ1) is 8.01. The standard InChI is InChI=1S/C12H19NO4/c1-5-17-11(14)10-6-8(2)9(3)7-13(10)12(15)16-4/h10H,5-7H2,1-4H3. The van der Waals surface area contributed by atoms with Crippen LogP contribution >= 0.6 is 0 Å². The molecule has 0 saturated heterocycles. The minimum atomic E-state index is -0.564. The highest BCUT2D eigenvalue weighted by Gasteiger charge is 2.35. The monoisotopic (exact) mass is 241 g/mol. The number of carbonyl (C=O) groups excluding carboxylic acids is 2. The predicted molar refractivity (Wildman–Crippen MR) is 62.5 cm³/mol. The molecule has 0 aromatic heterocycles. The molecule has 0 N–H and O–H groups in total. The molecule has 1 atom stereocenters. The van der Waals surface area contributed by atoms with E-state index in [0.29, 0.717) is 19.6 Å². The van der Waals surface area contributed by atoms with Gasteiger partial charge in [-0.1, -0.05) is 11.1 Å². The lowest BCUT2D eigenvalue weighted by atomic mass is 9.96. The second-order valence-corrected chi connectivity index (χ2v) is 4.13. The molecule has 1 amide bonds. The first kappa shape index (κ1) is 13.5. The minimum absolute atomic E-state index is 0.312. The van der Waals surface area contributed by atoms with E-state index in [1.165, 1.54) is 12.0 Å². The zero-order chi connectivity index (χ0) is 13.0. The molecule has 17 heavy (non-hydrogen) atoms. The maximum Gasteiger partial charge on any atom is 0.410 e. The molecule has 0 fully saturated rings. The summed E-state index contributed by atoms with van der Waals surface area (Å²) >= 11 is 0. The minimum Gasteiger partial charge on any atom is -0.464 e. The van der Waals surface area contributed by atoms with Crippen molar-refractivity contribution in [2.75, 3.05) is 20.3 Å². The van der Waals surface area contributed by atoms with Gasteiger partial charge in [-0.2, -0.15) is 0 Å². The molecule has 0 bridgehead atoms. The van der Waals surface area contributed by atoms with Gasteiger partial charge in [-0.25, -0.2) is 9.59 Å². The number of hydrogen-bond acceptors (Lipinski definition) is 4. The summed E-state index contributed by atoms with van der Waals surface area (Å²) in [6, 6.07) is -0.564. The lowest BCUT2D eigenvalue weighted by molar-refractivity contribution is -0.149. The molecular weight excluding hydrogens is 222 g/mol. The molecule has 96 valence electrons. The molecule has 0 radical (unpaired) electrons. The Morgan fingerprint density at radius 2 is 2.00 bits per heavy atom. The Labute approximate surface area is 101 Å². The number of nitrogens with zero attached hydrogens (tertiary/aromatic N) is 1. The lowest BCUT2D eigenvalue weighted by Crippen LogP contribution is -2.49. The normalized spacial score (nSPS) is 20.2. The van der Waals surface area contributed by atoms with Crippen LogP contribution < -0.4 is 0 Å². The van der Waals surface area contributed by atoms with Crippen molar-refractivity contribution in [2.24, 2.45) is 0 Å². The number of carbonyl (C=O) groups is 2. The first-order valence-corrected chi connectivity index (χ1v) is 5.67. The zero-order valence-corrected chi connectivity index (χ0v) is 10.8. The highest BCUT2D eigenvalue weighted by molar-refractivity contribution is 5.82. The van der Waals surface area contributed by atoms with Crippen molar-refractivity contribution in [3.05, 3.63) is 11.1 Å². The van der Waals surface area contributed by atoms with Gasteiger partial charge in [-0.15, -0.1) is 0 Å². The van der Waals surface area contributed by atoms with Gasteiger partial charge in [0.25, 0.3) is 0 Å². The Morgan fingerprint density at radius 3 is 2.53 bits per heavy atom. The maximum absolute atomic E-state index is 11.8. The number of hydrogen-bond donors (Lipinski definition) is 0. The van der Waals surface area contributed by atoms with E-state index in [9.17, 15) is 9.59 Å². The molecule has 0 aromatic carbocycles. The summed E-state index contributed by atoms with van der Waals surface area (Å²) in [5.74, 6) is -0.371. The van der Waals surface area contributed by atoms with Crippen LogP contribution in [-0.2, 0) is 14.3 Å². The van der Waals surface area contributed by atoms with E-state index in [1.807, 2.05) is 13.8 Å². The van der Waals surface area contributed by atoms with Crippen LogP contribution in [-0.4, -0.2) is 43.3 Å². The molecule has 1 aliphatic rings. The van der Waals surface area contributed by atoms with Crippen LogP contribution in [0.25, 0.3) is 0 Å². The number of ether oxygens (including phenoxy) is 2. The second kappa shape index (κ2) is 5.70. The lowest BCUT2D eigenvalue weighted by Gasteiger charge is -2.34. The fraction of sp³-hybridized carbons (Fsp3) is 0.667. The molecule has 0 aliphatic carbocycles. The summed E-state index contributed by atoms with van der Waals surface area (Å²) in [5.41, 5.74) is 2.22. The molecule has 0 saturated carbocycles. The summed E-state index contributed by atoms with van der Waals surface area (Å²) in [7, 11) is 1.31. The van der Waals surface area contributed by atoms with Gasteiger partial charge in [-0.05, 0) is 27.2 Å². The zero-order valence-electron chi connectivity index (χ0n) is 10.8. The van der Waals surface area contributed by atoms with Crippen LogP contribution in [0.15, 0.2) is 11.1 Å². The molecule has 5 nitrogen and oxygen atoms in total. The quantitative estimate of drug-likeness (QED) is 0.545. The third kappa shape index (κ3) is 2.99. The number of esters is 1. The van der Waals surface area contributed by atoms with Crippen LogP contribution in [0.2, 0.25) is 0 Å². The van der Waals surface area contributed by atoms with Gasteiger partial charge in [0, 0.05) is 6.54 Å². The highest BCUT2D eigenvalue weighted by atomic mass is 16.6. The Morgan fingerprint density at radius 1 is 1.35 bits per heavy atom. The van der Waals surface area contributed by atoms with E-state index < -0.39 is 12.1 Å². The molecule has 1 aliphatic heterocycles. The fourth-order valence-corrected chi connectivity index (χ4v) is 1.83. The summed E-state index contributed by atoms with van der Waals surface area (Å²) in [6.45, 7) is 6.40. The molecule has 1 unspecified atom stereocenters. The fourth-order valence-electron chi connectivity index (χ4n) is 1.83. The van der Waals surface area contributed by atoms with Gasteiger partial charge in [0.1, 0.15) is 6.04 Å². The predicted octanol–water partition coefficient (Wildman–Crippen LogP) is 1.73. The van der Waals surface area contributed by atoms with Gasteiger partial charge in [0.15, 0.2) is 0 Å². The van der Waals surface area contributed by atoms with Crippen molar-refractivity contribution in [1.29, 1.82) is 0 Å². The molecule has 5 heteroatoms. The van der Waals surface area contributed by atoms with E-state index in [0.717, 1.165) is 11.1 Å². The van der Waals surface area contributed by atoms with Crippen LogP contribution in [0.4, 0.5) is 4.79 Å². The summed E-state index contributed by atoms with van der Waals surface area (Å²) in [4.78, 5) is 24.8. The van der Waals surface area contributed by atoms with Crippen LogP contribution in [0.1, 0.15) is 27.2 Å². The average Bonchev–Trinajstić information content (AvgIpc) is 2.31. The Hall–Kier alpha value is -1.52. The van der Waals surface area contributed by atoms with Gasteiger partial charge in [0.05, 0.1) is 13.7 Å². The Balaban J connectivity index is 2.91. The van der Waals surface area contributed by atoms with Crippen LogP contribution in [0.3, 0.4) is 0 Å². The molecule has 0 aromatic rings. The molecule has 1 heterocycles. The third-order valence-electron chi connectivity index (χ3n) is 2.98.